The van der Waals surface area contributed by atoms with Gasteiger partial charge in [0.05, 0.1) is 18.7 Å². The molecule has 4 nitrogen and oxygen atoms in total. The van der Waals surface area contributed by atoms with Crippen molar-refractivity contribution >= 4 is 17.9 Å². The Bertz CT molecular complexity index is 393. The SMILES string of the molecule is COc1cc(C=O)cc(Cl)c1OCCCCCO. The molecule has 0 saturated carbocycles. The van der Waals surface area contributed by atoms with Crippen LogP contribution in [0.3, 0.4) is 0 Å². The zero-order valence-electron chi connectivity index (χ0n) is 10.3. The van der Waals surface area contributed by atoms with Gasteiger partial charge in [0.1, 0.15) is 6.29 Å². The van der Waals surface area contributed by atoms with Crippen LogP contribution in [0.1, 0.15) is 29.6 Å². The summed E-state index contributed by atoms with van der Waals surface area (Å²) in [6.45, 7) is 0.689. The Balaban J connectivity index is 2.66. The minimum atomic E-state index is 0.193. The molecule has 18 heavy (non-hydrogen) atoms. The minimum Gasteiger partial charge on any atom is -0.493 e. The molecule has 1 N–H and O–H groups in total. The summed E-state index contributed by atoms with van der Waals surface area (Å²) in [6, 6.07) is 3.13. The van der Waals surface area contributed by atoms with Crippen LogP contribution in [-0.4, -0.2) is 31.7 Å². The summed E-state index contributed by atoms with van der Waals surface area (Å²) in [5.41, 5.74) is 0.449. The smallest absolute Gasteiger partial charge is 0.179 e. The van der Waals surface area contributed by atoms with Gasteiger partial charge < -0.3 is 14.6 Å². The summed E-state index contributed by atoms with van der Waals surface area (Å²) in [7, 11) is 1.50. The molecule has 0 spiro atoms. The number of methoxy groups -OCH3 is 1. The van der Waals surface area contributed by atoms with E-state index in [2.05, 4.69) is 0 Å². The minimum absolute atomic E-state index is 0.193. The molecule has 0 aliphatic carbocycles. The average Bonchev–Trinajstić information content (AvgIpc) is 2.39. The molecule has 1 aromatic rings. The Hall–Kier alpha value is -1.26. The highest BCUT2D eigenvalue weighted by molar-refractivity contribution is 6.32. The van der Waals surface area contributed by atoms with E-state index in [1.54, 1.807) is 12.1 Å². The maximum Gasteiger partial charge on any atom is 0.179 e. The average molecular weight is 273 g/mol. The molecular weight excluding hydrogens is 256 g/mol. The van der Waals surface area contributed by atoms with Crippen LogP contribution in [-0.2, 0) is 0 Å². The lowest BCUT2D eigenvalue weighted by Crippen LogP contribution is -2.01. The van der Waals surface area contributed by atoms with Gasteiger partial charge in [-0.3, -0.25) is 4.79 Å². The molecule has 0 heterocycles. The van der Waals surface area contributed by atoms with Crippen LogP contribution in [0.15, 0.2) is 12.1 Å². The molecule has 0 amide bonds. The van der Waals surface area contributed by atoms with Gasteiger partial charge >= 0.3 is 0 Å². The molecule has 1 aromatic carbocycles. The van der Waals surface area contributed by atoms with Crippen molar-refractivity contribution in [1.82, 2.24) is 0 Å². The molecule has 0 bridgehead atoms. The normalized spacial score (nSPS) is 10.2. The molecule has 0 aliphatic rings. The molecule has 0 atom stereocenters. The Morgan fingerprint density at radius 1 is 1.33 bits per heavy atom. The first-order chi connectivity index (χ1) is 8.72. The molecule has 100 valence electrons. The summed E-state index contributed by atoms with van der Waals surface area (Å²) < 4.78 is 10.7. The number of rotatable bonds is 8. The Morgan fingerprint density at radius 2 is 2.11 bits per heavy atom. The van der Waals surface area contributed by atoms with Gasteiger partial charge in [-0.1, -0.05) is 11.6 Å². The van der Waals surface area contributed by atoms with E-state index in [-0.39, 0.29) is 6.61 Å². The topological polar surface area (TPSA) is 55.8 Å². The van der Waals surface area contributed by atoms with Crippen LogP contribution in [0.25, 0.3) is 0 Å². The molecule has 0 aliphatic heterocycles. The number of hydrogen-bond acceptors (Lipinski definition) is 4. The lowest BCUT2D eigenvalue weighted by Gasteiger charge is -2.12. The number of aliphatic hydroxyl groups is 1. The van der Waals surface area contributed by atoms with Crippen LogP contribution >= 0.6 is 11.6 Å². The fraction of sp³-hybridized carbons (Fsp3) is 0.462. The van der Waals surface area contributed by atoms with Crippen molar-refractivity contribution in [3.8, 4) is 11.5 Å². The predicted octanol–water partition coefficient (Wildman–Crippen LogP) is 2.70. The van der Waals surface area contributed by atoms with Crippen LogP contribution in [0.5, 0.6) is 11.5 Å². The summed E-state index contributed by atoms with van der Waals surface area (Å²) in [5, 5.41) is 9.01. The van der Waals surface area contributed by atoms with Crippen molar-refractivity contribution in [2.24, 2.45) is 0 Å². The summed E-state index contributed by atoms with van der Waals surface area (Å²) in [5.74, 6) is 0.903. The second-order valence-corrected chi connectivity index (χ2v) is 4.19. The number of hydrogen-bond donors (Lipinski definition) is 1. The molecule has 0 fully saturated rings. The van der Waals surface area contributed by atoms with Crippen LogP contribution in [0.2, 0.25) is 5.02 Å². The van der Waals surface area contributed by atoms with Crippen molar-refractivity contribution in [3.05, 3.63) is 22.7 Å². The molecule has 1 rings (SSSR count). The molecule has 5 heteroatoms. The van der Waals surface area contributed by atoms with E-state index in [1.165, 1.54) is 7.11 Å². The van der Waals surface area contributed by atoms with E-state index in [9.17, 15) is 4.79 Å². The number of ether oxygens (including phenoxy) is 2. The van der Waals surface area contributed by atoms with Gasteiger partial charge in [-0.25, -0.2) is 0 Å². The number of aldehydes is 1. The molecule has 0 unspecified atom stereocenters. The van der Waals surface area contributed by atoms with Gasteiger partial charge in [-0.2, -0.15) is 0 Å². The van der Waals surface area contributed by atoms with Crippen LogP contribution in [0.4, 0.5) is 0 Å². The number of unbranched alkanes of at least 4 members (excludes halogenated alkanes) is 2. The maximum absolute atomic E-state index is 10.7. The number of aliphatic hydroxyl groups excluding tert-OH is 1. The standard InChI is InChI=1S/C13H17ClO4/c1-17-12-8-10(9-16)7-11(14)13(12)18-6-4-2-3-5-15/h7-9,15H,2-6H2,1H3. The zero-order valence-corrected chi connectivity index (χ0v) is 11.1. The number of halogens is 1. The van der Waals surface area contributed by atoms with Crippen LogP contribution in [0, 0.1) is 0 Å². The molecule has 0 aromatic heterocycles. The highest BCUT2D eigenvalue weighted by atomic mass is 35.5. The van der Waals surface area contributed by atoms with E-state index in [1.807, 2.05) is 0 Å². The van der Waals surface area contributed by atoms with Crippen molar-refractivity contribution in [2.45, 2.75) is 19.3 Å². The molecular formula is C13H17ClO4. The van der Waals surface area contributed by atoms with Gasteiger partial charge in [0, 0.05) is 12.2 Å². The fourth-order valence-corrected chi connectivity index (χ4v) is 1.79. The van der Waals surface area contributed by atoms with E-state index in [0.29, 0.717) is 35.0 Å². The van der Waals surface area contributed by atoms with Crippen molar-refractivity contribution in [1.29, 1.82) is 0 Å². The zero-order chi connectivity index (χ0) is 13.4. The van der Waals surface area contributed by atoms with Crippen molar-refractivity contribution < 1.29 is 19.4 Å². The lowest BCUT2D eigenvalue weighted by atomic mass is 10.2. The van der Waals surface area contributed by atoms with Crippen molar-refractivity contribution in [3.63, 3.8) is 0 Å². The molecule has 0 radical (unpaired) electrons. The van der Waals surface area contributed by atoms with Gasteiger partial charge in [0.25, 0.3) is 0 Å². The first-order valence-corrected chi connectivity index (χ1v) is 6.17. The number of benzene rings is 1. The lowest BCUT2D eigenvalue weighted by molar-refractivity contribution is 0.112. The van der Waals surface area contributed by atoms with E-state index in [0.717, 1.165) is 19.3 Å². The Kier molecular flexibility index (Phi) is 6.54. The highest BCUT2D eigenvalue weighted by Crippen LogP contribution is 2.36. The summed E-state index contributed by atoms with van der Waals surface area (Å²) >= 11 is 6.03. The highest BCUT2D eigenvalue weighted by Gasteiger charge is 2.11. The maximum atomic E-state index is 10.7. The van der Waals surface area contributed by atoms with Gasteiger partial charge in [-0.05, 0) is 31.4 Å². The van der Waals surface area contributed by atoms with Crippen molar-refractivity contribution in [2.75, 3.05) is 20.3 Å². The second kappa shape index (κ2) is 7.95. The number of carbonyl (C=O) groups excluding carboxylic acids is 1. The summed E-state index contributed by atoms with van der Waals surface area (Å²) in [6.07, 6.45) is 3.19. The third-order valence-electron chi connectivity index (χ3n) is 2.44. The fourth-order valence-electron chi connectivity index (χ4n) is 1.51. The Morgan fingerprint density at radius 3 is 2.72 bits per heavy atom. The third-order valence-corrected chi connectivity index (χ3v) is 2.72. The van der Waals surface area contributed by atoms with E-state index >= 15 is 0 Å². The van der Waals surface area contributed by atoms with E-state index in [4.69, 9.17) is 26.2 Å². The predicted molar refractivity (Wildman–Crippen MR) is 69.8 cm³/mol. The first-order valence-electron chi connectivity index (χ1n) is 5.79. The quantitative estimate of drug-likeness (QED) is 0.584. The first kappa shape index (κ1) is 14.8. The van der Waals surface area contributed by atoms with Gasteiger partial charge in [0.2, 0.25) is 0 Å². The monoisotopic (exact) mass is 272 g/mol. The van der Waals surface area contributed by atoms with E-state index < -0.39 is 0 Å². The summed E-state index contributed by atoms with van der Waals surface area (Å²) in [4.78, 5) is 10.7. The second-order valence-electron chi connectivity index (χ2n) is 3.78. The largest absolute Gasteiger partial charge is 0.493 e. The number of carbonyl (C=O) groups is 1. The third kappa shape index (κ3) is 4.20. The van der Waals surface area contributed by atoms with Gasteiger partial charge in [-0.15, -0.1) is 0 Å². The Labute approximate surface area is 111 Å². The van der Waals surface area contributed by atoms with Crippen LogP contribution < -0.4 is 9.47 Å². The van der Waals surface area contributed by atoms with Gasteiger partial charge in [0.15, 0.2) is 11.5 Å². The molecule has 0 saturated heterocycles.